The molecule has 0 fully saturated rings. The monoisotopic (exact) mass is 124 g/mol. The molecule has 1 atom stereocenters. The molecule has 0 aromatic rings. The van der Waals surface area contributed by atoms with E-state index < -0.39 is 14.2 Å². The lowest BCUT2D eigenvalue weighted by atomic mass is 10.9. The summed E-state index contributed by atoms with van der Waals surface area (Å²) in [4.78, 5) is 17.5. The molecule has 0 rings (SSSR count). The van der Waals surface area contributed by atoms with Gasteiger partial charge in [-0.25, -0.2) is 4.57 Å². The van der Waals surface area contributed by atoms with Crippen LogP contribution in [0.3, 0.4) is 0 Å². The number of rotatable bonds is 1. The van der Waals surface area contributed by atoms with Gasteiger partial charge in [0.05, 0.1) is 0 Å². The highest BCUT2D eigenvalue weighted by atomic mass is 31.1. The Bertz CT molecular complexity index is 85.9. The van der Waals surface area contributed by atoms with Gasteiger partial charge in [0.2, 0.25) is 0 Å². The van der Waals surface area contributed by atoms with E-state index in [1.165, 1.54) is 0 Å². The van der Waals surface area contributed by atoms with Crippen molar-refractivity contribution in [3.8, 4) is 0 Å². The van der Waals surface area contributed by atoms with Gasteiger partial charge in [-0.05, 0) is 0 Å². The van der Waals surface area contributed by atoms with Crippen LogP contribution in [0.25, 0.3) is 0 Å². The number of hydrogen-bond acceptors (Lipinski definition) is 3. The third kappa shape index (κ3) is 5.66. The Morgan fingerprint density at radius 3 is 2.29 bits per heavy atom. The first-order valence-corrected chi connectivity index (χ1v) is 2.80. The van der Waals surface area contributed by atoms with Gasteiger partial charge in [-0.2, -0.15) is 0 Å². The molecule has 0 heterocycles. The molecule has 0 bridgehead atoms. The first-order chi connectivity index (χ1) is 3.13. The van der Waals surface area contributed by atoms with Crippen LogP contribution in [0.15, 0.2) is 0 Å². The molecule has 0 radical (unpaired) electrons. The standard InChI is InChI=1S/C2H5O4P/c1-2(3)6-7(4)5/h7H,1H3,(H,4,5). The Morgan fingerprint density at radius 2 is 2.29 bits per heavy atom. The molecule has 0 aliphatic heterocycles. The summed E-state index contributed by atoms with van der Waals surface area (Å²) in [6.45, 7) is 1.07. The van der Waals surface area contributed by atoms with Crippen molar-refractivity contribution in [2.24, 2.45) is 0 Å². The number of carbonyl (C=O) groups is 1. The molecule has 0 aliphatic carbocycles. The maximum absolute atomic E-state index is 9.70. The average molecular weight is 124 g/mol. The Balaban J connectivity index is 3.32. The van der Waals surface area contributed by atoms with E-state index in [9.17, 15) is 9.36 Å². The zero-order valence-electron chi connectivity index (χ0n) is 3.67. The zero-order valence-corrected chi connectivity index (χ0v) is 4.67. The Kier molecular flexibility index (Phi) is 2.64. The van der Waals surface area contributed by atoms with Gasteiger partial charge < -0.3 is 9.42 Å². The van der Waals surface area contributed by atoms with Crippen molar-refractivity contribution in [2.75, 3.05) is 0 Å². The summed E-state index contributed by atoms with van der Waals surface area (Å²) in [6.07, 6.45) is 0. The van der Waals surface area contributed by atoms with Crippen molar-refractivity contribution in [3.63, 3.8) is 0 Å². The van der Waals surface area contributed by atoms with Gasteiger partial charge >= 0.3 is 14.2 Å². The van der Waals surface area contributed by atoms with Crippen molar-refractivity contribution >= 4 is 14.2 Å². The highest BCUT2D eigenvalue weighted by Crippen LogP contribution is 2.13. The molecule has 7 heavy (non-hydrogen) atoms. The number of hydrogen-bond donors (Lipinski definition) is 1. The highest BCUT2D eigenvalue weighted by molar-refractivity contribution is 7.32. The second-order valence-electron chi connectivity index (χ2n) is 0.860. The second kappa shape index (κ2) is 2.77. The lowest BCUT2D eigenvalue weighted by Crippen LogP contribution is -1.87. The molecule has 0 aromatic carbocycles. The zero-order chi connectivity index (χ0) is 5.86. The third-order valence-electron chi connectivity index (χ3n) is 0.231. The summed E-state index contributed by atoms with van der Waals surface area (Å²) in [6, 6.07) is 0. The van der Waals surface area contributed by atoms with Crippen LogP contribution in [0.4, 0.5) is 0 Å². The molecule has 0 aromatic heterocycles. The summed E-state index contributed by atoms with van der Waals surface area (Å²) < 4.78 is 13.3. The molecule has 0 saturated heterocycles. The van der Waals surface area contributed by atoms with E-state index in [0.29, 0.717) is 0 Å². The highest BCUT2D eigenvalue weighted by Gasteiger charge is 1.92. The summed E-state index contributed by atoms with van der Waals surface area (Å²) in [5.41, 5.74) is 0. The van der Waals surface area contributed by atoms with E-state index in [2.05, 4.69) is 4.52 Å². The van der Waals surface area contributed by atoms with Gasteiger partial charge in [-0.15, -0.1) is 0 Å². The molecule has 0 aliphatic rings. The topological polar surface area (TPSA) is 63.6 Å². The lowest BCUT2D eigenvalue weighted by Gasteiger charge is -1.89. The van der Waals surface area contributed by atoms with Gasteiger partial charge in [0.25, 0.3) is 0 Å². The molecule has 1 unspecified atom stereocenters. The Morgan fingerprint density at radius 1 is 1.86 bits per heavy atom. The third-order valence-corrected chi connectivity index (χ3v) is 0.693. The quantitative estimate of drug-likeness (QED) is 0.497. The van der Waals surface area contributed by atoms with Gasteiger partial charge in [0.1, 0.15) is 0 Å². The molecule has 5 heteroatoms. The van der Waals surface area contributed by atoms with Gasteiger partial charge in [-0.3, -0.25) is 4.79 Å². The summed E-state index contributed by atoms with van der Waals surface area (Å²) >= 11 is 0. The average Bonchev–Trinajstić information content (AvgIpc) is 1.27. The summed E-state index contributed by atoms with van der Waals surface area (Å²) in [7, 11) is -3.03. The summed E-state index contributed by atoms with van der Waals surface area (Å²) in [5, 5.41) is 0. The van der Waals surface area contributed by atoms with E-state index in [1.54, 1.807) is 0 Å². The van der Waals surface area contributed by atoms with E-state index >= 15 is 0 Å². The minimum absolute atomic E-state index is 0.730. The fraction of sp³-hybridized carbons (Fsp3) is 0.500. The SMILES string of the molecule is CC(=O)O[PH](=O)O. The molecule has 42 valence electrons. The molecule has 1 N–H and O–H groups in total. The normalized spacial score (nSPS) is 12.9. The fourth-order valence-electron chi connectivity index (χ4n) is 0.123. The molecular weight excluding hydrogens is 119 g/mol. The molecule has 0 saturated carbocycles. The molecule has 0 spiro atoms. The van der Waals surface area contributed by atoms with Crippen LogP contribution < -0.4 is 0 Å². The van der Waals surface area contributed by atoms with Crippen LogP contribution >= 0.6 is 8.25 Å². The minimum Gasteiger partial charge on any atom is -0.394 e. The van der Waals surface area contributed by atoms with E-state index in [1.807, 2.05) is 0 Å². The van der Waals surface area contributed by atoms with Crippen molar-refractivity contribution in [1.29, 1.82) is 0 Å². The van der Waals surface area contributed by atoms with Gasteiger partial charge in [-0.1, -0.05) is 0 Å². The van der Waals surface area contributed by atoms with Crippen molar-refractivity contribution in [1.82, 2.24) is 0 Å². The Hall–Kier alpha value is -0.340. The summed E-state index contributed by atoms with van der Waals surface area (Å²) in [5.74, 6) is -0.730. The first kappa shape index (κ1) is 6.66. The van der Waals surface area contributed by atoms with Gasteiger partial charge in [0, 0.05) is 6.92 Å². The smallest absolute Gasteiger partial charge is 0.367 e. The van der Waals surface area contributed by atoms with E-state index in [-0.39, 0.29) is 0 Å². The van der Waals surface area contributed by atoms with Crippen LogP contribution in [0.1, 0.15) is 6.92 Å². The largest absolute Gasteiger partial charge is 0.394 e. The van der Waals surface area contributed by atoms with Crippen molar-refractivity contribution in [3.05, 3.63) is 0 Å². The predicted molar refractivity (Wildman–Crippen MR) is 23.0 cm³/mol. The van der Waals surface area contributed by atoms with Crippen molar-refractivity contribution in [2.45, 2.75) is 6.92 Å². The minimum atomic E-state index is -3.03. The molecule has 4 nitrogen and oxygen atoms in total. The Labute approximate surface area is 41.1 Å². The van der Waals surface area contributed by atoms with E-state index in [4.69, 9.17) is 4.89 Å². The maximum atomic E-state index is 9.70. The van der Waals surface area contributed by atoms with Crippen LogP contribution in [-0.4, -0.2) is 10.9 Å². The van der Waals surface area contributed by atoms with Crippen LogP contribution in [0, 0.1) is 0 Å². The molecule has 0 amide bonds. The van der Waals surface area contributed by atoms with Gasteiger partial charge in [0.15, 0.2) is 0 Å². The molecular formula is C2H5O4P. The van der Waals surface area contributed by atoms with Crippen molar-refractivity contribution < 1.29 is 18.8 Å². The first-order valence-electron chi connectivity index (χ1n) is 1.54. The fourth-order valence-corrected chi connectivity index (χ4v) is 0.369. The van der Waals surface area contributed by atoms with Crippen LogP contribution in [0.5, 0.6) is 0 Å². The number of carbonyl (C=O) groups excluding carboxylic acids is 1. The maximum Gasteiger partial charge on any atom is 0.367 e. The van der Waals surface area contributed by atoms with E-state index in [0.717, 1.165) is 6.92 Å². The van der Waals surface area contributed by atoms with Crippen LogP contribution in [-0.2, 0) is 13.9 Å². The second-order valence-corrected chi connectivity index (χ2v) is 1.60. The van der Waals surface area contributed by atoms with Crippen LogP contribution in [0.2, 0.25) is 0 Å². The lowest BCUT2D eigenvalue weighted by molar-refractivity contribution is -0.131. The predicted octanol–water partition coefficient (Wildman–Crippen LogP) is -0.0685.